The Morgan fingerprint density at radius 2 is 1.90 bits per heavy atom. The number of rotatable bonds is 4. The lowest BCUT2D eigenvalue weighted by atomic mass is 10.1. The smallest absolute Gasteiger partial charge is 0.297 e. The Labute approximate surface area is 121 Å². The highest BCUT2D eigenvalue weighted by molar-refractivity contribution is 6.45. The number of benzene rings is 1. The van der Waals surface area contributed by atoms with Crippen molar-refractivity contribution < 1.29 is 19.2 Å². The number of carbonyl (C=O) groups is 2. The first-order valence-electron chi connectivity index (χ1n) is 6.22. The summed E-state index contributed by atoms with van der Waals surface area (Å²) in [6, 6.07) is 8.39. The van der Waals surface area contributed by atoms with E-state index in [2.05, 4.69) is 10.5 Å². The topological polar surface area (TPSA) is 92.4 Å². The Hall–Kier alpha value is -2.89. The molecule has 21 heavy (non-hydrogen) atoms. The van der Waals surface area contributed by atoms with Crippen molar-refractivity contribution in [3.05, 3.63) is 53.3 Å². The van der Waals surface area contributed by atoms with Crippen LogP contribution in [0, 0.1) is 13.8 Å². The zero-order valence-corrected chi connectivity index (χ0v) is 11.6. The normalized spacial score (nSPS) is 11.2. The molecule has 6 nitrogen and oxygen atoms in total. The second-order valence-corrected chi connectivity index (χ2v) is 4.54. The minimum Gasteiger partial charge on any atom is -0.507 e. The second-order valence-electron chi connectivity index (χ2n) is 4.54. The Bertz CT molecular complexity index is 699. The van der Waals surface area contributed by atoms with E-state index in [1.165, 1.54) is 6.07 Å². The maximum Gasteiger partial charge on any atom is 0.297 e. The maximum absolute atomic E-state index is 11.7. The first-order valence-corrected chi connectivity index (χ1v) is 6.22. The second kappa shape index (κ2) is 6.04. The van der Waals surface area contributed by atoms with Gasteiger partial charge in [-0.1, -0.05) is 35.0 Å². The van der Waals surface area contributed by atoms with Crippen molar-refractivity contribution in [2.75, 3.05) is 5.32 Å². The van der Waals surface area contributed by atoms with Crippen LogP contribution in [0.2, 0.25) is 0 Å². The fraction of sp³-hybridized carbons (Fsp3) is 0.133. The first kappa shape index (κ1) is 14.5. The number of aromatic nitrogens is 1. The summed E-state index contributed by atoms with van der Waals surface area (Å²) in [7, 11) is 0. The number of carbonyl (C=O) groups excluding carboxylic acids is 2. The minimum atomic E-state index is -0.901. The van der Waals surface area contributed by atoms with Gasteiger partial charge >= 0.3 is 0 Å². The number of aryl methyl sites for hydroxylation is 2. The van der Waals surface area contributed by atoms with Gasteiger partial charge < -0.3 is 14.9 Å². The monoisotopic (exact) mass is 286 g/mol. The zero-order valence-electron chi connectivity index (χ0n) is 11.6. The van der Waals surface area contributed by atoms with E-state index < -0.39 is 11.7 Å². The molecule has 0 aliphatic heterocycles. The molecule has 0 saturated heterocycles. The molecule has 0 aliphatic rings. The predicted octanol–water partition coefficient (Wildman–Crippen LogP) is 2.40. The third-order valence-electron chi connectivity index (χ3n) is 2.71. The number of nitrogens with zero attached hydrogens (tertiary/aromatic N) is 1. The number of hydrogen-bond donors (Lipinski definition) is 2. The summed E-state index contributed by atoms with van der Waals surface area (Å²) in [5, 5.41) is 15.6. The lowest BCUT2D eigenvalue weighted by Crippen LogP contribution is -2.21. The molecule has 0 saturated carbocycles. The minimum absolute atomic E-state index is 0.147. The fourth-order valence-electron chi connectivity index (χ4n) is 1.60. The number of aliphatic hydroxyl groups excluding tert-OH is 1. The fourth-order valence-corrected chi connectivity index (χ4v) is 1.60. The average Bonchev–Trinajstić information content (AvgIpc) is 2.84. The number of aliphatic hydroxyl groups is 1. The van der Waals surface area contributed by atoms with E-state index in [0.29, 0.717) is 11.3 Å². The molecule has 2 N–H and O–H groups in total. The molecule has 6 heteroatoms. The molecule has 0 radical (unpaired) electrons. The summed E-state index contributed by atoms with van der Waals surface area (Å²) in [6.45, 7) is 3.57. The number of anilines is 1. The van der Waals surface area contributed by atoms with Crippen molar-refractivity contribution in [3.8, 4) is 0 Å². The number of amides is 1. The molecular weight excluding hydrogens is 272 g/mol. The van der Waals surface area contributed by atoms with Crippen molar-refractivity contribution in [3.63, 3.8) is 0 Å². The van der Waals surface area contributed by atoms with E-state index in [-0.39, 0.29) is 11.6 Å². The van der Waals surface area contributed by atoms with Crippen LogP contribution in [0.1, 0.15) is 16.9 Å². The van der Waals surface area contributed by atoms with Crippen molar-refractivity contribution in [1.29, 1.82) is 0 Å². The van der Waals surface area contributed by atoms with Crippen LogP contribution in [-0.2, 0) is 9.59 Å². The largest absolute Gasteiger partial charge is 0.507 e. The predicted molar refractivity (Wildman–Crippen MR) is 76.7 cm³/mol. The van der Waals surface area contributed by atoms with Gasteiger partial charge in [0.2, 0.25) is 5.78 Å². The van der Waals surface area contributed by atoms with Gasteiger partial charge in [-0.3, -0.25) is 9.59 Å². The highest BCUT2D eigenvalue weighted by Gasteiger charge is 2.14. The van der Waals surface area contributed by atoms with E-state index in [1.807, 2.05) is 6.92 Å². The summed E-state index contributed by atoms with van der Waals surface area (Å²) in [6.07, 6.45) is 0.868. The molecule has 2 rings (SSSR count). The summed E-state index contributed by atoms with van der Waals surface area (Å²) in [4.78, 5) is 23.3. The van der Waals surface area contributed by atoms with Crippen LogP contribution < -0.4 is 5.32 Å². The Balaban J connectivity index is 2.07. The zero-order chi connectivity index (χ0) is 15.4. The molecule has 0 spiro atoms. The van der Waals surface area contributed by atoms with Gasteiger partial charge in [0.1, 0.15) is 11.5 Å². The van der Waals surface area contributed by atoms with Crippen LogP contribution in [0.3, 0.4) is 0 Å². The first-order chi connectivity index (χ1) is 9.95. The number of hydrogen-bond acceptors (Lipinski definition) is 5. The Morgan fingerprint density at radius 1 is 1.24 bits per heavy atom. The van der Waals surface area contributed by atoms with Crippen LogP contribution in [0.4, 0.5) is 5.82 Å². The van der Waals surface area contributed by atoms with Crippen molar-refractivity contribution in [2.24, 2.45) is 0 Å². The van der Waals surface area contributed by atoms with E-state index in [1.54, 1.807) is 31.2 Å². The van der Waals surface area contributed by atoms with Gasteiger partial charge in [-0.2, -0.15) is 0 Å². The summed E-state index contributed by atoms with van der Waals surface area (Å²) >= 11 is 0. The maximum atomic E-state index is 11.7. The van der Waals surface area contributed by atoms with Gasteiger partial charge in [0.05, 0.1) is 0 Å². The van der Waals surface area contributed by atoms with E-state index in [4.69, 9.17) is 4.52 Å². The lowest BCUT2D eigenvalue weighted by molar-refractivity contribution is -0.132. The molecule has 1 aromatic carbocycles. The highest BCUT2D eigenvalue weighted by Crippen LogP contribution is 2.12. The molecule has 0 aliphatic carbocycles. The van der Waals surface area contributed by atoms with Crippen LogP contribution in [0.15, 0.2) is 40.9 Å². The van der Waals surface area contributed by atoms with E-state index in [0.717, 1.165) is 11.6 Å². The summed E-state index contributed by atoms with van der Waals surface area (Å²) in [5.74, 6) is -1.40. The molecule has 2 aromatic rings. The number of nitrogens with one attached hydrogen (secondary N) is 1. The van der Waals surface area contributed by atoms with E-state index in [9.17, 15) is 14.7 Å². The standard InChI is InChI=1S/C15H14N2O4/c1-9-3-5-11(6-4-9)12(18)8-13(19)15(20)16-14-7-10(2)21-17-14/h3-8,18H,1-2H3,(H,16,17,20)/b12-8-. The summed E-state index contributed by atoms with van der Waals surface area (Å²) < 4.78 is 4.77. The average molecular weight is 286 g/mol. The molecular formula is C15H14N2O4. The quantitative estimate of drug-likeness (QED) is 0.511. The number of ketones is 1. The van der Waals surface area contributed by atoms with Gasteiger partial charge in [-0.15, -0.1) is 0 Å². The van der Waals surface area contributed by atoms with Gasteiger partial charge in [-0.05, 0) is 13.8 Å². The Morgan fingerprint density at radius 3 is 2.48 bits per heavy atom. The van der Waals surface area contributed by atoms with Gasteiger partial charge in [0, 0.05) is 17.7 Å². The molecule has 108 valence electrons. The van der Waals surface area contributed by atoms with Gasteiger partial charge in [0.15, 0.2) is 5.82 Å². The van der Waals surface area contributed by atoms with Crippen LogP contribution in [0.5, 0.6) is 0 Å². The SMILES string of the molecule is Cc1ccc(/C(O)=C/C(=O)C(=O)Nc2cc(C)on2)cc1. The van der Waals surface area contributed by atoms with Crippen LogP contribution in [-0.4, -0.2) is 22.0 Å². The molecule has 0 bridgehead atoms. The van der Waals surface area contributed by atoms with Crippen LogP contribution in [0.25, 0.3) is 5.76 Å². The molecule has 0 fully saturated rings. The molecule has 0 atom stereocenters. The molecule has 0 unspecified atom stereocenters. The molecule has 1 amide bonds. The third kappa shape index (κ3) is 3.79. The third-order valence-corrected chi connectivity index (χ3v) is 2.71. The van der Waals surface area contributed by atoms with Crippen molar-refractivity contribution in [1.82, 2.24) is 5.16 Å². The summed E-state index contributed by atoms with van der Waals surface area (Å²) in [5.41, 5.74) is 1.48. The van der Waals surface area contributed by atoms with E-state index >= 15 is 0 Å². The van der Waals surface area contributed by atoms with Gasteiger partial charge in [0.25, 0.3) is 5.91 Å². The van der Waals surface area contributed by atoms with Crippen molar-refractivity contribution >= 4 is 23.3 Å². The molecule has 1 aromatic heterocycles. The lowest BCUT2D eigenvalue weighted by Gasteiger charge is -2.01. The van der Waals surface area contributed by atoms with Crippen molar-refractivity contribution in [2.45, 2.75) is 13.8 Å². The highest BCUT2D eigenvalue weighted by atomic mass is 16.5. The molecule has 1 heterocycles. The van der Waals surface area contributed by atoms with Crippen LogP contribution >= 0.6 is 0 Å². The Kier molecular flexibility index (Phi) is 4.18. The van der Waals surface area contributed by atoms with Gasteiger partial charge in [-0.25, -0.2) is 0 Å².